The molecule has 0 heterocycles. The smallest absolute Gasteiger partial charge is 0.251 e. The van der Waals surface area contributed by atoms with Crippen molar-refractivity contribution >= 4 is 15.9 Å². The Kier molecular flexibility index (Phi) is 6.17. The number of ether oxygens (including phenoxy) is 1. The molecule has 0 saturated carbocycles. The molecule has 0 bridgehead atoms. The molecule has 0 atom stereocenters. The van der Waals surface area contributed by atoms with Crippen LogP contribution in [0, 0.1) is 0 Å². The zero-order chi connectivity index (χ0) is 18.4. The molecule has 2 aromatic rings. The van der Waals surface area contributed by atoms with Crippen LogP contribution in [0.5, 0.6) is 5.75 Å². The van der Waals surface area contributed by atoms with E-state index in [0.717, 1.165) is 11.3 Å². The van der Waals surface area contributed by atoms with Gasteiger partial charge >= 0.3 is 0 Å². The maximum absolute atomic E-state index is 12.3. The zero-order valence-corrected chi connectivity index (χ0v) is 15.3. The van der Waals surface area contributed by atoms with Crippen LogP contribution in [0.4, 0.5) is 0 Å². The third-order valence-corrected chi connectivity index (χ3v) is 4.81. The van der Waals surface area contributed by atoms with E-state index in [1.54, 1.807) is 6.07 Å². The molecular formula is C18H22N2O4S. The maximum atomic E-state index is 12.3. The number of amides is 1. The first kappa shape index (κ1) is 19.0. The largest absolute Gasteiger partial charge is 0.491 e. The van der Waals surface area contributed by atoms with E-state index >= 15 is 0 Å². The summed E-state index contributed by atoms with van der Waals surface area (Å²) >= 11 is 0. The number of carbonyl (C=O) groups excluding carboxylic acids is 1. The highest BCUT2D eigenvalue weighted by molar-refractivity contribution is 7.89. The molecule has 2 aromatic carbocycles. The Bertz CT molecular complexity index is 848. The number of nitrogens with one attached hydrogen (secondary N) is 2. The fourth-order valence-corrected chi connectivity index (χ4v) is 2.98. The second kappa shape index (κ2) is 8.13. The van der Waals surface area contributed by atoms with Crippen molar-refractivity contribution in [2.75, 3.05) is 7.05 Å². The first-order chi connectivity index (χ1) is 11.8. The molecule has 6 nitrogen and oxygen atoms in total. The lowest BCUT2D eigenvalue weighted by Crippen LogP contribution is -2.24. The van der Waals surface area contributed by atoms with Gasteiger partial charge in [-0.05, 0) is 56.8 Å². The van der Waals surface area contributed by atoms with E-state index in [1.165, 1.54) is 25.2 Å². The molecule has 2 N–H and O–H groups in total. The third kappa shape index (κ3) is 5.30. The lowest BCUT2D eigenvalue weighted by Gasteiger charge is -2.11. The standard InChI is InChI=1S/C18H22N2O4S/c1-13(2)24-16-8-4-6-14(10-16)12-20-18(21)15-7-5-9-17(11-15)25(22,23)19-3/h4-11,13,19H,12H2,1-3H3,(H,20,21). The molecule has 0 aliphatic carbocycles. The lowest BCUT2D eigenvalue weighted by molar-refractivity contribution is 0.0950. The van der Waals surface area contributed by atoms with Crippen LogP contribution in [-0.2, 0) is 16.6 Å². The fraction of sp³-hybridized carbons (Fsp3) is 0.278. The third-order valence-electron chi connectivity index (χ3n) is 3.40. The van der Waals surface area contributed by atoms with Gasteiger partial charge in [-0.2, -0.15) is 0 Å². The Labute approximate surface area is 148 Å². The Morgan fingerprint density at radius 1 is 1.12 bits per heavy atom. The Balaban J connectivity index is 2.07. The Hall–Kier alpha value is -2.38. The van der Waals surface area contributed by atoms with Crippen molar-refractivity contribution < 1.29 is 17.9 Å². The van der Waals surface area contributed by atoms with Gasteiger partial charge in [-0.25, -0.2) is 13.1 Å². The molecule has 0 radical (unpaired) electrons. The predicted octanol–water partition coefficient (Wildman–Crippen LogP) is 2.31. The average Bonchev–Trinajstić information content (AvgIpc) is 2.59. The quantitative estimate of drug-likeness (QED) is 0.792. The van der Waals surface area contributed by atoms with Crippen LogP contribution < -0.4 is 14.8 Å². The van der Waals surface area contributed by atoms with Crippen molar-refractivity contribution in [1.29, 1.82) is 0 Å². The van der Waals surface area contributed by atoms with Gasteiger partial charge < -0.3 is 10.1 Å². The molecule has 25 heavy (non-hydrogen) atoms. The number of carbonyl (C=O) groups is 1. The van der Waals surface area contributed by atoms with E-state index in [4.69, 9.17) is 4.74 Å². The highest BCUT2D eigenvalue weighted by atomic mass is 32.2. The summed E-state index contributed by atoms with van der Waals surface area (Å²) in [6.45, 7) is 4.21. The molecule has 0 aromatic heterocycles. The molecule has 0 saturated heterocycles. The molecule has 2 rings (SSSR count). The Morgan fingerprint density at radius 3 is 2.52 bits per heavy atom. The summed E-state index contributed by atoms with van der Waals surface area (Å²) in [5, 5.41) is 2.78. The number of hydrogen-bond donors (Lipinski definition) is 2. The van der Waals surface area contributed by atoms with E-state index in [1.807, 2.05) is 38.1 Å². The van der Waals surface area contributed by atoms with Crippen LogP contribution in [0.3, 0.4) is 0 Å². The maximum Gasteiger partial charge on any atom is 0.251 e. The van der Waals surface area contributed by atoms with Gasteiger partial charge in [-0.3, -0.25) is 4.79 Å². The first-order valence-corrected chi connectivity index (χ1v) is 9.37. The monoisotopic (exact) mass is 362 g/mol. The van der Waals surface area contributed by atoms with E-state index in [9.17, 15) is 13.2 Å². The minimum atomic E-state index is -3.59. The van der Waals surface area contributed by atoms with Crippen LogP contribution in [0.1, 0.15) is 29.8 Å². The van der Waals surface area contributed by atoms with Gasteiger partial charge in [0.1, 0.15) is 5.75 Å². The number of hydrogen-bond acceptors (Lipinski definition) is 4. The fourth-order valence-electron chi connectivity index (χ4n) is 2.21. The van der Waals surface area contributed by atoms with Crippen LogP contribution in [0.2, 0.25) is 0 Å². The summed E-state index contributed by atoms with van der Waals surface area (Å²) in [5.74, 6) is 0.396. The molecule has 0 aliphatic rings. The highest BCUT2D eigenvalue weighted by Crippen LogP contribution is 2.15. The normalized spacial score (nSPS) is 11.4. The van der Waals surface area contributed by atoms with Crippen molar-refractivity contribution in [3.8, 4) is 5.75 Å². The second-order valence-electron chi connectivity index (χ2n) is 5.73. The minimum absolute atomic E-state index is 0.0509. The molecular weight excluding hydrogens is 340 g/mol. The van der Waals surface area contributed by atoms with Crippen LogP contribution in [0.25, 0.3) is 0 Å². The molecule has 0 aliphatic heterocycles. The van der Waals surface area contributed by atoms with Gasteiger partial charge in [-0.1, -0.05) is 18.2 Å². The molecule has 7 heteroatoms. The lowest BCUT2D eigenvalue weighted by atomic mass is 10.2. The van der Waals surface area contributed by atoms with Crippen molar-refractivity contribution in [3.63, 3.8) is 0 Å². The number of benzene rings is 2. The summed E-state index contributed by atoms with van der Waals surface area (Å²) in [6.07, 6.45) is 0.0710. The topological polar surface area (TPSA) is 84.5 Å². The van der Waals surface area contributed by atoms with Crippen LogP contribution in [-0.4, -0.2) is 27.5 Å². The summed E-state index contributed by atoms with van der Waals surface area (Å²) in [6, 6.07) is 13.4. The van der Waals surface area contributed by atoms with Gasteiger partial charge in [0, 0.05) is 12.1 Å². The van der Waals surface area contributed by atoms with Gasteiger partial charge in [0.25, 0.3) is 5.91 Å². The summed E-state index contributed by atoms with van der Waals surface area (Å²) in [7, 11) is -2.26. The van der Waals surface area contributed by atoms with Crippen molar-refractivity contribution in [3.05, 3.63) is 59.7 Å². The summed E-state index contributed by atoms with van der Waals surface area (Å²) < 4.78 is 31.5. The minimum Gasteiger partial charge on any atom is -0.491 e. The van der Waals surface area contributed by atoms with Crippen LogP contribution >= 0.6 is 0 Å². The van der Waals surface area contributed by atoms with Crippen LogP contribution in [0.15, 0.2) is 53.4 Å². The summed E-state index contributed by atoms with van der Waals surface area (Å²) in [5.41, 5.74) is 1.18. The summed E-state index contributed by atoms with van der Waals surface area (Å²) in [4.78, 5) is 12.3. The van der Waals surface area contributed by atoms with E-state index < -0.39 is 10.0 Å². The number of sulfonamides is 1. The van der Waals surface area contributed by atoms with E-state index in [2.05, 4.69) is 10.0 Å². The molecule has 0 spiro atoms. The molecule has 134 valence electrons. The van der Waals surface area contributed by atoms with Gasteiger partial charge in [-0.15, -0.1) is 0 Å². The molecule has 1 amide bonds. The van der Waals surface area contributed by atoms with E-state index in [0.29, 0.717) is 6.54 Å². The van der Waals surface area contributed by atoms with Crippen molar-refractivity contribution in [2.45, 2.75) is 31.4 Å². The molecule has 0 fully saturated rings. The zero-order valence-electron chi connectivity index (χ0n) is 14.4. The predicted molar refractivity (Wildman–Crippen MR) is 96.1 cm³/mol. The van der Waals surface area contributed by atoms with Gasteiger partial charge in [0.2, 0.25) is 10.0 Å². The van der Waals surface area contributed by atoms with Crippen molar-refractivity contribution in [1.82, 2.24) is 10.0 Å². The first-order valence-electron chi connectivity index (χ1n) is 7.89. The van der Waals surface area contributed by atoms with Gasteiger partial charge in [0.05, 0.1) is 11.0 Å². The Morgan fingerprint density at radius 2 is 1.84 bits per heavy atom. The van der Waals surface area contributed by atoms with Gasteiger partial charge in [0.15, 0.2) is 0 Å². The highest BCUT2D eigenvalue weighted by Gasteiger charge is 2.14. The second-order valence-corrected chi connectivity index (χ2v) is 7.62. The molecule has 0 unspecified atom stereocenters. The number of rotatable bonds is 7. The SMILES string of the molecule is CNS(=O)(=O)c1cccc(C(=O)NCc2cccc(OC(C)C)c2)c1. The van der Waals surface area contributed by atoms with Crippen molar-refractivity contribution in [2.24, 2.45) is 0 Å². The average molecular weight is 362 g/mol. The van der Waals surface area contributed by atoms with E-state index in [-0.39, 0.29) is 22.5 Å².